The van der Waals surface area contributed by atoms with E-state index in [0.29, 0.717) is 12.6 Å². The van der Waals surface area contributed by atoms with Crippen LogP contribution in [0.25, 0.3) is 0 Å². The second-order valence-corrected chi connectivity index (χ2v) is 7.27. The highest BCUT2D eigenvalue weighted by Gasteiger charge is 2.33. The number of anilines is 1. The maximum absolute atomic E-state index is 13.0. The van der Waals surface area contributed by atoms with E-state index in [1.807, 2.05) is 11.0 Å². The minimum atomic E-state index is 0.234. The van der Waals surface area contributed by atoms with E-state index < -0.39 is 0 Å². The van der Waals surface area contributed by atoms with Gasteiger partial charge in [0.05, 0.1) is 13.2 Å². The van der Waals surface area contributed by atoms with Crippen molar-refractivity contribution >= 4 is 11.6 Å². The van der Waals surface area contributed by atoms with Crippen LogP contribution >= 0.6 is 0 Å². The third-order valence-electron chi connectivity index (χ3n) is 5.58. The Morgan fingerprint density at radius 1 is 1.28 bits per heavy atom. The van der Waals surface area contributed by atoms with Gasteiger partial charge >= 0.3 is 0 Å². The molecule has 0 radical (unpaired) electrons. The molecule has 0 aromatic heterocycles. The second-order valence-electron chi connectivity index (χ2n) is 7.27. The van der Waals surface area contributed by atoms with Crippen molar-refractivity contribution in [2.24, 2.45) is 0 Å². The molecule has 2 unspecified atom stereocenters. The number of piperazine rings is 1. The zero-order valence-electron chi connectivity index (χ0n) is 15.8. The van der Waals surface area contributed by atoms with Crippen LogP contribution in [0.3, 0.4) is 0 Å². The molecule has 1 amide bonds. The average molecular weight is 345 g/mol. The zero-order valence-corrected chi connectivity index (χ0v) is 15.8. The maximum atomic E-state index is 13.0. The van der Waals surface area contributed by atoms with Crippen molar-refractivity contribution in [1.29, 1.82) is 0 Å². The molecule has 0 bridgehead atoms. The Kier molecular flexibility index (Phi) is 6.10. The van der Waals surface area contributed by atoms with E-state index >= 15 is 0 Å². The van der Waals surface area contributed by atoms with Gasteiger partial charge in [0.1, 0.15) is 0 Å². The van der Waals surface area contributed by atoms with Gasteiger partial charge in [-0.15, -0.1) is 0 Å². The number of methoxy groups -OCH3 is 1. The van der Waals surface area contributed by atoms with E-state index in [4.69, 9.17) is 4.74 Å². The van der Waals surface area contributed by atoms with E-state index in [-0.39, 0.29) is 11.9 Å². The number of carbonyl (C=O) groups excluding carboxylic acids is 1. The minimum Gasteiger partial charge on any atom is -0.383 e. The summed E-state index contributed by atoms with van der Waals surface area (Å²) in [5.41, 5.74) is 2.39. The van der Waals surface area contributed by atoms with Crippen LogP contribution in [-0.4, -0.2) is 74.2 Å². The van der Waals surface area contributed by atoms with Crippen LogP contribution in [0.2, 0.25) is 0 Å². The molecule has 5 heteroatoms. The smallest absolute Gasteiger partial charge is 0.241 e. The van der Waals surface area contributed by atoms with E-state index in [9.17, 15) is 4.79 Å². The summed E-state index contributed by atoms with van der Waals surface area (Å²) in [6, 6.07) is 9.08. The Morgan fingerprint density at radius 3 is 2.84 bits per heavy atom. The Balaban J connectivity index is 1.60. The summed E-state index contributed by atoms with van der Waals surface area (Å²) in [7, 11) is 1.75. The monoisotopic (exact) mass is 345 g/mol. The highest BCUT2D eigenvalue weighted by Crippen LogP contribution is 2.32. The molecule has 25 heavy (non-hydrogen) atoms. The number of rotatable bonds is 6. The number of hydrogen-bond acceptors (Lipinski definition) is 4. The number of fused-ring (bicyclic) bond motifs is 1. The van der Waals surface area contributed by atoms with Crippen LogP contribution in [0.1, 0.15) is 25.8 Å². The lowest BCUT2D eigenvalue weighted by Crippen LogP contribution is -2.56. The third-order valence-corrected chi connectivity index (χ3v) is 5.58. The van der Waals surface area contributed by atoms with Gasteiger partial charge in [-0.1, -0.05) is 25.1 Å². The lowest BCUT2D eigenvalue weighted by atomic mass is 10.1. The first-order valence-electron chi connectivity index (χ1n) is 9.49. The molecule has 2 aliphatic heterocycles. The molecule has 5 nitrogen and oxygen atoms in total. The van der Waals surface area contributed by atoms with Gasteiger partial charge < -0.3 is 9.64 Å². The molecule has 2 heterocycles. The molecule has 0 spiro atoms. The molecule has 2 aliphatic rings. The van der Waals surface area contributed by atoms with Gasteiger partial charge in [0.25, 0.3) is 0 Å². The molecule has 138 valence electrons. The molecule has 1 saturated heterocycles. The van der Waals surface area contributed by atoms with Crippen LogP contribution in [-0.2, 0) is 16.0 Å². The van der Waals surface area contributed by atoms with E-state index in [0.717, 1.165) is 51.3 Å². The lowest BCUT2D eigenvalue weighted by molar-refractivity contribution is -0.120. The highest BCUT2D eigenvalue weighted by atomic mass is 16.5. The Labute approximate surface area is 151 Å². The van der Waals surface area contributed by atoms with Crippen LogP contribution in [0.4, 0.5) is 5.69 Å². The number of carbonyl (C=O) groups is 1. The van der Waals surface area contributed by atoms with Gasteiger partial charge in [-0.05, 0) is 31.4 Å². The maximum Gasteiger partial charge on any atom is 0.241 e. The molecular weight excluding hydrogens is 314 g/mol. The molecule has 1 aromatic carbocycles. The second kappa shape index (κ2) is 8.30. The van der Waals surface area contributed by atoms with Gasteiger partial charge in [0.15, 0.2) is 0 Å². The topological polar surface area (TPSA) is 36.0 Å². The van der Waals surface area contributed by atoms with Crippen LogP contribution < -0.4 is 4.90 Å². The number of nitrogens with zero attached hydrogens (tertiary/aromatic N) is 3. The van der Waals surface area contributed by atoms with Gasteiger partial charge in [0, 0.05) is 51.1 Å². The predicted molar refractivity (Wildman–Crippen MR) is 101 cm³/mol. The van der Waals surface area contributed by atoms with Crippen molar-refractivity contribution in [1.82, 2.24) is 9.80 Å². The van der Waals surface area contributed by atoms with Crippen molar-refractivity contribution < 1.29 is 9.53 Å². The quantitative estimate of drug-likeness (QED) is 0.790. The van der Waals surface area contributed by atoms with Crippen molar-refractivity contribution in [3.05, 3.63) is 29.8 Å². The molecule has 2 atom stereocenters. The fraction of sp³-hybridized carbons (Fsp3) is 0.650. The highest BCUT2D eigenvalue weighted by molar-refractivity contribution is 5.97. The molecule has 0 aliphatic carbocycles. The normalized spacial score (nSPS) is 24.5. The van der Waals surface area contributed by atoms with Crippen LogP contribution in [0, 0.1) is 0 Å². The first kappa shape index (κ1) is 18.4. The van der Waals surface area contributed by atoms with Crippen LogP contribution in [0.15, 0.2) is 24.3 Å². The van der Waals surface area contributed by atoms with E-state index in [1.54, 1.807) is 7.11 Å². The third kappa shape index (κ3) is 4.05. The number of hydrogen-bond donors (Lipinski definition) is 0. The van der Waals surface area contributed by atoms with Gasteiger partial charge in [0.2, 0.25) is 5.91 Å². The summed E-state index contributed by atoms with van der Waals surface area (Å²) in [5.74, 6) is 0.234. The van der Waals surface area contributed by atoms with Crippen molar-refractivity contribution in [2.75, 3.05) is 51.3 Å². The molecular formula is C20H31N3O2. The summed E-state index contributed by atoms with van der Waals surface area (Å²) >= 11 is 0. The Bertz CT molecular complexity index is 592. The van der Waals surface area contributed by atoms with E-state index in [1.165, 1.54) is 5.56 Å². The first-order chi connectivity index (χ1) is 12.1. The largest absolute Gasteiger partial charge is 0.383 e. The summed E-state index contributed by atoms with van der Waals surface area (Å²) in [4.78, 5) is 19.8. The van der Waals surface area contributed by atoms with Gasteiger partial charge in [-0.25, -0.2) is 0 Å². The fourth-order valence-corrected chi connectivity index (χ4v) is 4.20. The summed E-state index contributed by atoms with van der Waals surface area (Å²) in [5, 5.41) is 0. The Hall–Kier alpha value is -1.43. The van der Waals surface area contributed by atoms with Gasteiger partial charge in [-0.2, -0.15) is 0 Å². The molecule has 1 aromatic rings. The molecule has 0 N–H and O–H groups in total. The minimum absolute atomic E-state index is 0.234. The number of para-hydroxylation sites is 1. The predicted octanol–water partition coefficient (Wildman–Crippen LogP) is 2.01. The summed E-state index contributed by atoms with van der Waals surface area (Å²) in [6.45, 7) is 9.59. The van der Waals surface area contributed by atoms with Gasteiger partial charge in [-0.3, -0.25) is 14.6 Å². The molecule has 0 saturated carbocycles. The first-order valence-corrected chi connectivity index (χ1v) is 9.49. The summed E-state index contributed by atoms with van der Waals surface area (Å²) in [6.07, 6.45) is 2.07. The average Bonchev–Trinajstić information content (AvgIpc) is 2.96. The number of ether oxygens (including phenoxy) is 1. The molecule has 1 fully saturated rings. The Morgan fingerprint density at radius 2 is 2.08 bits per heavy atom. The zero-order chi connectivity index (χ0) is 17.8. The standard InChI is InChI=1S/C20H31N3O2/c1-4-18-14-21(9-10-22(18)11-12-25-3)15-20(24)23-16(2)13-17-7-5-6-8-19(17)23/h5-8,16,18H,4,9-15H2,1-3H3. The lowest BCUT2D eigenvalue weighted by Gasteiger charge is -2.41. The number of benzene rings is 1. The van der Waals surface area contributed by atoms with Crippen molar-refractivity contribution in [3.63, 3.8) is 0 Å². The van der Waals surface area contributed by atoms with Crippen molar-refractivity contribution in [2.45, 2.75) is 38.8 Å². The fourth-order valence-electron chi connectivity index (χ4n) is 4.20. The van der Waals surface area contributed by atoms with Crippen LogP contribution in [0.5, 0.6) is 0 Å². The SMILES string of the molecule is CCC1CN(CC(=O)N2c3ccccc3CC2C)CCN1CCOC. The number of amides is 1. The summed E-state index contributed by atoms with van der Waals surface area (Å²) < 4.78 is 5.23. The van der Waals surface area contributed by atoms with Crippen molar-refractivity contribution in [3.8, 4) is 0 Å². The van der Waals surface area contributed by atoms with E-state index in [2.05, 4.69) is 41.8 Å². The molecule has 3 rings (SSSR count).